The van der Waals surface area contributed by atoms with Crippen LogP contribution in [0.15, 0.2) is 0 Å². The van der Waals surface area contributed by atoms with Crippen LogP contribution >= 0.6 is 11.8 Å². The third-order valence-electron chi connectivity index (χ3n) is 1.98. The van der Waals surface area contributed by atoms with Crippen molar-refractivity contribution in [2.24, 2.45) is 5.41 Å². The van der Waals surface area contributed by atoms with Crippen LogP contribution in [0, 0.1) is 5.41 Å². The SMILES string of the molecule is CCOC(=O)C1(CSC)CC1.C[S-].[Na+]. The van der Waals surface area contributed by atoms with Gasteiger partial charge < -0.3 is 17.4 Å². The summed E-state index contributed by atoms with van der Waals surface area (Å²) in [5.74, 6) is 0.931. The monoisotopic (exact) mass is 244 g/mol. The molecule has 1 aliphatic rings. The second-order valence-electron chi connectivity index (χ2n) is 2.93. The van der Waals surface area contributed by atoms with Crippen LogP contribution in [-0.2, 0) is 22.2 Å². The smallest absolute Gasteiger partial charge is 0.796 e. The second kappa shape index (κ2) is 9.40. The fourth-order valence-electron chi connectivity index (χ4n) is 1.12. The van der Waals surface area contributed by atoms with Gasteiger partial charge in [0.1, 0.15) is 0 Å². The topological polar surface area (TPSA) is 26.3 Å². The summed E-state index contributed by atoms with van der Waals surface area (Å²) < 4.78 is 4.97. The van der Waals surface area contributed by atoms with Gasteiger partial charge in [-0.25, -0.2) is 0 Å². The first-order chi connectivity index (χ1) is 6.25. The van der Waals surface area contributed by atoms with Crippen LogP contribution in [0.2, 0.25) is 0 Å². The fraction of sp³-hybridized carbons (Fsp3) is 0.889. The average Bonchev–Trinajstić information content (AvgIpc) is 2.91. The van der Waals surface area contributed by atoms with Crippen molar-refractivity contribution in [3.8, 4) is 0 Å². The second-order valence-corrected chi connectivity index (χ2v) is 3.80. The van der Waals surface area contributed by atoms with Crippen LogP contribution in [0.3, 0.4) is 0 Å². The van der Waals surface area contributed by atoms with Crippen LogP contribution in [-0.4, -0.2) is 30.8 Å². The Labute approximate surface area is 119 Å². The van der Waals surface area contributed by atoms with Gasteiger partial charge in [-0.2, -0.15) is 18.0 Å². The zero-order chi connectivity index (χ0) is 10.3. The van der Waals surface area contributed by atoms with E-state index in [2.05, 4.69) is 12.6 Å². The van der Waals surface area contributed by atoms with E-state index in [9.17, 15) is 4.79 Å². The number of hydrogen-bond donors (Lipinski definition) is 0. The van der Waals surface area contributed by atoms with E-state index in [-0.39, 0.29) is 40.9 Å². The van der Waals surface area contributed by atoms with Crippen molar-refractivity contribution in [1.29, 1.82) is 0 Å². The summed E-state index contributed by atoms with van der Waals surface area (Å²) in [5, 5.41) is 0. The predicted octanol–water partition coefficient (Wildman–Crippen LogP) is -1.14. The van der Waals surface area contributed by atoms with Gasteiger partial charge in [-0.05, 0) is 26.0 Å². The van der Waals surface area contributed by atoms with Gasteiger partial charge in [-0.3, -0.25) is 4.79 Å². The molecule has 0 bridgehead atoms. The maximum absolute atomic E-state index is 11.3. The minimum atomic E-state index is -0.0879. The molecule has 1 saturated carbocycles. The number of ether oxygens (including phenoxy) is 1. The number of hydrogen-bond acceptors (Lipinski definition) is 4. The maximum Gasteiger partial charge on any atom is 1.00 e. The van der Waals surface area contributed by atoms with Gasteiger partial charge in [0.2, 0.25) is 0 Å². The molecular weight excluding hydrogens is 227 g/mol. The molecule has 0 aromatic carbocycles. The molecule has 1 rings (SSSR count). The van der Waals surface area contributed by atoms with Crippen molar-refractivity contribution in [3.05, 3.63) is 0 Å². The van der Waals surface area contributed by atoms with Crippen LogP contribution in [0.5, 0.6) is 0 Å². The van der Waals surface area contributed by atoms with Crippen molar-refractivity contribution >= 4 is 30.4 Å². The van der Waals surface area contributed by atoms with Crippen molar-refractivity contribution in [2.75, 3.05) is 24.9 Å². The first kappa shape index (κ1) is 17.6. The molecule has 0 aromatic heterocycles. The van der Waals surface area contributed by atoms with E-state index in [1.54, 1.807) is 18.0 Å². The number of esters is 1. The first-order valence-corrected chi connectivity index (χ1v) is 6.53. The Bertz CT molecular complexity index is 161. The van der Waals surface area contributed by atoms with Crippen LogP contribution in [0.25, 0.3) is 0 Å². The molecule has 0 aromatic rings. The van der Waals surface area contributed by atoms with Crippen LogP contribution < -0.4 is 29.6 Å². The summed E-state index contributed by atoms with van der Waals surface area (Å²) in [6.45, 7) is 2.36. The summed E-state index contributed by atoms with van der Waals surface area (Å²) >= 11 is 5.81. The number of thioether (sulfide) groups is 1. The summed E-state index contributed by atoms with van der Waals surface area (Å²) in [6.07, 6.45) is 5.65. The molecule has 0 spiro atoms. The molecule has 5 heteroatoms. The predicted molar refractivity (Wildman–Crippen MR) is 60.0 cm³/mol. The molecule has 1 aliphatic carbocycles. The Balaban J connectivity index is 0. The Morgan fingerprint density at radius 2 is 2.00 bits per heavy atom. The molecule has 0 unspecified atom stereocenters. The molecular formula is C9H17NaO2S2. The van der Waals surface area contributed by atoms with E-state index < -0.39 is 0 Å². The third kappa shape index (κ3) is 5.31. The summed E-state index contributed by atoms with van der Waals surface area (Å²) in [6, 6.07) is 0. The van der Waals surface area contributed by atoms with Crippen molar-refractivity contribution in [1.82, 2.24) is 0 Å². The van der Waals surface area contributed by atoms with Crippen LogP contribution in [0.1, 0.15) is 19.8 Å². The van der Waals surface area contributed by atoms with Gasteiger partial charge >= 0.3 is 35.5 Å². The van der Waals surface area contributed by atoms with Crippen molar-refractivity contribution in [2.45, 2.75) is 19.8 Å². The van der Waals surface area contributed by atoms with Gasteiger partial charge in [0, 0.05) is 5.75 Å². The molecule has 1 fully saturated rings. The van der Waals surface area contributed by atoms with Gasteiger partial charge in [-0.1, -0.05) is 0 Å². The quantitative estimate of drug-likeness (QED) is 0.355. The van der Waals surface area contributed by atoms with Gasteiger partial charge in [0.25, 0.3) is 0 Å². The van der Waals surface area contributed by atoms with E-state index in [0.29, 0.717) is 6.61 Å². The Morgan fingerprint density at radius 1 is 1.50 bits per heavy atom. The van der Waals surface area contributed by atoms with Crippen molar-refractivity contribution in [3.63, 3.8) is 0 Å². The molecule has 0 saturated heterocycles. The largest absolute Gasteiger partial charge is 1.00 e. The Morgan fingerprint density at radius 3 is 2.29 bits per heavy atom. The van der Waals surface area contributed by atoms with Crippen LogP contribution in [0.4, 0.5) is 0 Å². The molecule has 78 valence electrons. The molecule has 0 aliphatic heterocycles. The zero-order valence-corrected chi connectivity index (χ0v) is 13.1. The van der Waals surface area contributed by atoms with E-state index in [4.69, 9.17) is 4.74 Å². The van der Waals surface area contributed by atoms with E-state index in [1.807, 2.05) is 13.2 Å². The molecule has 14 heavy (non-hydrogen) atoms. The van der Waals surface area contributed by atoms with E-state index in [1.165, 1.54) is 0 Å². The normalized spacial score (nSPS) is 15.7. The molecule has 0 amide bonds. The minimum Gasteiger partial charge on any atom is -0.796 e. The standard InChI is InChI=1S/C8H14O2S.CH4S.Na/c1-3-10-7(9)8(4-5-8)6-11-2;1-2;/h3-6H2,1-2H3;2H,1H3;/q;;+1/p-1. The molecule has 0 radical (unpaired) electrons. The molecule has 2 nitrogen and oxygen atoms in total. The molecule has 0 heterocycles. The number of carbonyl (C=O) groups excluding carboxylic acids is 1. The Hall–Kier alpha value is 1.17. The summed E-state index contributed by atoms with van der Waals surface area (Å²) in [4.78, 5) is 11.3. The number of rotatable bonds is 4. The van der Waals surface area contributed by atoms with Gasteiger partial charge in [-0.15, -0.1) is 0 Å². The zero-order valence-electron chi connectivity index (χ0n) is 9.46. The maximum atomic E-state index is 11.3. The summed E-state index contributed by atoms with van der Waals surface area (Å²) in [7, 11) is 0. The first-order valence-electron chi connectivity index (χ1n) is 4.32. The van der Waals surface area contributed by atoms with E-state index >= 15 is 0 Å². The molecule has 0 N–H and O–H groups in total. The van der Waals surface area contributed by atoms with E-state index in [0.717, 1.165) is 18.6 Å². The molecule has 0 atom stereocenters. The Kier molecular flexibility index (Phi) is 11.8. The fourth-order valence-corrected chi connectivity index (χ4v) is 2.08. The van der Waals surface area contributed by atoms with Crippen molar-refractivity contribution < 1.29 is 39.1 Å². The average molecular weight is 244 g/mol. The third-order valence-corrected chi connectivity index (χ3v) is 2.82. The summed E-state index contributed by atoms with van der Waals surface area (Å²) in [5.41, 5.74) is -0.0879. The van der Waals surface area contributed by atoms with Gasteiger partial charge in [0.05, 0.1) is 12.0 Å². The van der Waals surface area contributed by atoms with Gasteiger partial charge in [0.15, 0.2) is 0 Å². The number of carbonyl (C=O) groups is 1. The minimum absolute atomic E-state index is 0.